The van der Waals surface area contributed by atoms with Crippen LogP contribution in [-0.2, 0) is 6.42 Å². The van der Waals surface area contributed by atoms with Crippen LogP contribution in [0.15, 0.2) is 52.8 Å². The molecule has 0 bridgehead atoms. The van der Waals surface area contributed by atoms with E-state index in [1.165, 1.54) is 52.4 Å². The number of piperidine rings is 1. The zero-order valence-corrected chi connectivity index (χ0v) is 25.1. The second-order valence-electron chi connectivity index (χ2n) is 10.9. The van der Waals surface area contributed by atoms with Crippen LogP contribution in [0.25, 0.3) is 27.5 Å². The second kappa shape index (κ2) is 13.1. The van der Waals surface area contributed by atoms with Crippen molar-refractivity contribution in [3.8, 4) is 33.3 Å². The smallest absolute Gasteiger partial charge is 0.280 e. The number of ether oxygens (including phenoxy) is 1. The number of benzene rings is 1. The molecular formula is C32H33F3N4O3S. The van der Waals surface area contributed by atoms with Gasteiger partial charge in [-0.05, 0) is 68.9 Å². The van der Waals surface area contributed by atoms with Crippen LogP contribution >= 0.6 is 11.3 Å². The van der Waals surface area contributed by atoms with E-state index in [1.54, 1.807) is 23.3 Å². The highest BCUT2D eigenvalue weighted by atomic mass is 32.1. The van der Waals surface area contributed by atoms with E-state index in [-0.39, 0.29) is 28.8 Å². The summed E-state index contributed by atoms with van der Waals surface area (Å²) < 4.78 is 48.0. The topological polar surface area (TPSA) is 77.3 Å². The molecule has 226 valence electrons. The molecule has 3 aromatic heterocycles. The average molecular weight is 611 g/mol. The summed E-state index contributed by atoms with van der Waals surface area (Å²) in [6.07, 6.45) is 1.84. The van der Waals surface area contributed by atoms with Crippen LogP contribution in [0.3, 0.4) is 0 Å². The molecule has 7 nitrogen and oxygen atoms in total. The van der Waals surface area contributed by atoms with Crippen LogP contribution in [0, 0.1) is 11.7 Å². The van der Waals surface area contributed by atoms with Gasteiger partial charge in [0.05, 0.1) is 29.1 Å². The summed E-state index contributed by atoms with van der Waals surface area (Å²) in [6, 6.07) is 8.35. The molecule has 0 saturated carbocycles. The standard InChI is InChI=1S/C32H33F3N4O3S/c1-4-42-28-11-9-21(33)15-27(28)39-26(14-19(2)3)22(31(40)38-12-6-5-7-13-38)16-23(32(39)41)30-37-25(18-43-30)20-8-10-24(29(34)35)36-17-20/h8-11,15-19,29H,4-7,12-14H2,1-3H3. The van der Waals surface area contributed by atoms with Gasteiger partial charge in [-0.3, -0.25) is 19.1 Å². The van der Waals surface area contributed by atoms with Crippen LogP contribution in [0.2, 0.25) is 0 Å². The minimum atomic E-state index is -2.69. The van der Waals surface area contributed by atoms with Gasteiger partial charge in [-0.2, -0.15) is 0 Å². The molecule has 0 unspecified atom stereocenters. The predicted molar refractivity (Wildman–Crippen MR) is 161 cm³/mol. The normalized spacial score (nSPS) is 13.6. The largest absolute Gasteiger partial charge is 0.492 e. The number of carbonyl (C=O) groups excluding carboxylic acids is 1. The van der Waals surface area contributed by atoms with Crippen molar-refractivity contribution in [2.24, 2.45) is 5.92 Å². The summed E-state index contributed by atoms with van der Waals surface area (Å²) in [6.45, 7) is 7.30. The Morgan fingerprint density at radius 1 is 1.09 bits per heavy atom. The van der Waals surface area contributed by atoms with Gasteiger partial charge in [-0.1, -0.05) is 13.8 Å². The highest BCUT2D eigenvalue weighted by Crippen LogP contribution is 2.33. The number of hydrogen-bond donors (Lipinski definition) is 0. The van der Waals surface area contributed by atoms with Gasteiger partial charge < -0.3 is 9.64 Å². The van der Waals surface area contributed by atoms with Crippen LogP contribution in [0.5, 0.6) is 5.75 Å². The maximum atomic E-state index is 14.7. The fourth-order valence-corrected chi connectivity index (χ4v) is 6.10. The van der Waals surface area contributed by atoms with Crippen molar-refractivity contribution in [1.29, 1.82) is 0 Å². The van der Waals surface area contributed by atoms with Gasteiger partial charge in [0.1, 0.15) is 22.3 Å². The van der Waals surface area contributed by atoms with Crippen molar-refractivity contribution in [1.82, 2.24) is 19.4 Å². The van der Waals surface area contributed by atoms with E-state index < -0.39 is 17.8 Å². The molecule has 0 N–H and O–H groups in total. The Morgan fingerprint density at radius 3 is 2.51 bits per heavy atom. The molecule has 4 aromatic rings. The molecule has 0 spiro atoms. The zero-order valence-electron chi connectivity index (χ0n) is 24.3. The molecule has 1 saturated heterocycles. The summed E-state index contributed by atoms with van der Waals surface area (Å²) in [4.78, 5) is 38.8. The van der Waals surface area contributed by atoms with E-state index in [0.29, 0.717) is 59.4 Å². The molecule has 0 radical (unpaired) electrons. The van der Waals surface area contributed by atoms with Crippen molar-refractivity contribution in [2.75, 3.05) is 19.7 Å². The molecule has 43 heavy (non-hydrogen) atoms. The molecule has 11 heteroatoms. The van der Waals surface area contributed by atoms with E-state index in [2.05, 4.69) is 9.97 Å². The van der Waals surface area contributed by atoms with E-state index in [0.717, 1.165) is 19.3 Å². The SMILES string of the molecule is CCOc1ccc(F)cc1-n1c(CC(C)C)c(C(=O)N2CCCCC2)cc(-c2nc(-c3ccc(C(F)F)nc3)cs2)c1=O. The van der Waals surface area contributed by atoms with Crippen LogP contribution in [-0.4, -0.2) is 45.0 Å². The Bertz CT molecular complexity index is 1660. The first-order valence-corrected chi connectivity index (χ1v) is 15.3. The van der Waals surface area contributed by atoms with E-state index in [1.807, 2.05) is 13.8 Å². The summed E-state index contributed by atoms with van der Waals surface area (Å²) in [5, 5.41) is 2.05. The number of hydrogen-bond acceptors (Lipinski definition) is 6. The molecule has 4 heterocycles. The Kier molecular flexibility index (Phi) is 9.29. The van der Waals surface area contributed by atoms with Gasteiger partial charge in [-0.15, -0.1) is 11.3 Å². The lowest BCUT2D eigenvalue weighted by atomic mass is 9.98. The molecule has 1 aliphatic heterocycles. The number of carbonyl (C=O) groups is 1. The minimum Gasteiger partial charge on any atom is -0.492 e. The third-order valence-corrected chi connectivity index (χ3v) is 8.16. The molecular weight excluding hydrogens is 577 g/mol. The van der Waals surface area contributed by atoms with Gasteiger partial charge in [0.25, 0.3) is 17.9 Å². The summed E-state index contributed by atoms with van der Waals surface area (Å²) in [5.74, 6) is -0.354. The number of thiazole rings is 1. The molecule has 1 aliphatic rings. The highest BCUT2D eigenvalue weighted by Gasteiger charge is 2.28. The first-order chi connectivity index (χ1) is 20.7. The summed E-state index contributed by atoms with van der Waals surface area (Å²) in [7, 11) is 0. The Morgan fingerprint density at radius 2 is 1.86 bits per heavy atom. The summed E-state index contributed by atoms with van der Waals surface area (Å²) >= 11 is 1.19. The molecule has 0 aliphatic carbocycles. The number of aromatic nitrogens is 3. The molecule has 5 rings (SSSR count). The van der Waals surface area contributed by atoms with Crippen molar-refractivity contribution < 1.29 is 22.7 Å². The zero-order chi connectivity index (χ0) is 30.7. The summed E-state index contributed by atoms with van der Waals surface area (Å²) in [5.41, 5.74) is 1.38. The molecule has 1 amide bonds. The number of nitrogens with zero attached hydrogens (tertiary/aromatic N) is 4. The first-order valence-electron chi connectivity index (χ1n) is 14.4. The number of likely N-dealkylation sites (tertiary alicyclic amines) is 1. The van der Waals surface area contributed by atoms with Gasteiger partial charge in [0, 0.05) is 42.0 Å². The molecule has 1 fully saturated rings. The maximum Gasteiger partial charge on any atom is 0.280 e. The molecule has 1 aromatic carbocycles. The van der Waals surface area contributed by atoms with Crippen molar-refractivity contribution in [3.05, 3.63) is 81.1 Å². The fraction of sp³-hybridized carbons (Fsp3) is 0.375. The van der Waals surface area contributed by atoms with E-state index in [9.17, 15) is 22.8 Å². The van der Waals surface area contributed by atoms with E-state index >= 15 is 0 Å². The van der Waals surface area contributed by atoms with Gasteiger partial charge >= 0.3 is 0 Å². The van der Waals surface area contributed by atoms with Crippen LogP contribution in [0.1, 0.15) is 68.2 Å². The van der Waals surface area contributed by atoms with Crippen molar-refractivity contribution in [2.45, 2.75) is 52.9 Å². The highest BCUT2D eigenvalue weighted by molar-refractivity contribution is 7.13. The van der Waals surface area contributed by atoms with Crippen LogP contribution in [0.4, 0.5) is 13.2 Å². The van der Waals surface area contributed by atoms with Crippen molar-refractivity contribution >= 4 is 17.2 Å². The quantitative estimate of drug-likeness (QED) is 0.198. The van der Waals surface area contributed by atoms with Crippen molar-refractivity contribution in [3.63, 3.8) is 0 Å². The lowest BCUT2D eigenvalue weighted by Gasteiger charge is -2.29. The molecule has 0 atom stereocenters. The fourth-order valence-electron chi connectivity index (χ4n) is 5.26. The minimum absolute atomic E-state index is 0.0729. The number of rotatable bonds is 9. The second-order valence-corrected chi connectivity index (χ2v) is 11.7. The average Bonchev–Trinajstić information content (AvgIpc) is 3.48. The van der Waals surface area contributed by atoms with Gasteiger partial charge in [-0.25, -0.2) is 18.2 Å². The number of alkyl halides is 2. The lowest BCUT2D eigenvalue weighted by molar-refractivity contribution is 0.0722. The Balaban J connectivity index is 1.74. The lowest BCUT2D eigenvalue weighted by Crippen LogP contribution is -2.38. The third-order valence-electron chi connectivity index (χ3n) is 7.28. The van der Waals surface area contributed by atoms with E-state index in [4.69, 9.17) is 4.74 Å². The number of pyridine rings is 2. The van der Waals surface area contributed by atoms with Crippen LogP contribution < -0.4 is 10.3 Å². The monoisotopic (exact) mass is 610 g/mol. The van der Waals surface area contributed by atoms with Gasteiger partial charge in [0.15, 0.2) is 0 Å². The Hall–Kier alpha value is -3.99. The number of amides is 1. The Labute approximate surface area is 252 Å². The first kappa shape index (κ1) is 30.5. The third kappa shape index (κ3) is 6.51. The van der Waals surface area contributed by atoms with Gasteiger partial charge in [0.2, 0.25) is 0 Å². The number of halogens is 3. The predicted octanol–water partition coefficient (Wildman–Crippen LogP) is 7.32. The maximum absolute atomic E-state index is 14.7.